The van der Waals surface area contributed by atoms with Crippen LogP contribution in [0.4, 0.5) is 5.69 Å². The number of hydrogen-bond donors (Lipinski definition) is 1. The van der Waals surface area contributed by atoms with Gasteiger partial charge in [-0.2, -0.15) is 4.98 Å². The monoisotopic (exact) mass is 385 g/mol. The van der Waals surface area contributed by atoms with Gasteiger partial charge in [0, 0.05) is 23.5 Å². The predicted molar refractivity (Wildman–Crippen MR) is 105 cm³/mol. The molecule has 1 aromatic carbocycles. The molecule has 0 fully saturated rings. The van der Waals surface area contributed by atoms with Crippen molar-refractivity contribution in [1.29, 1.82) is 0 Å². The van der Waals surface area contributed by atoms with Crippen LogP contribution in [0.1, 0.15) is 29.7 Å². The number of aliphatic hydroxyl groups is 1. The van der Waals surface area contributed by atoms with Gasteiger partial charge >= 0.3 is 5.69 Å². The van der Waals surface area contributed by atoms with E-state index in [9.17, 15) is 14.7 Å². The van der Waals surface area contributed by atoms with Crippen LogP contribution in [-0.4, -0.2) is 39.5 Å². The molecule has 142 valence electrons. The maximum atomic E-state index is 12.8. The lowest BCUT2D eigenvalue weighted by atomic mass is 9.97. The van der Waals surface area contributed by atoms with E-state index in [-0.39, 0.29) is 30.5 Å². The Morgan fingerprint density at radius 1 is 1.19 bits per heavy atom. The van der Waals surface area contributed by atoms with E-state index in [0.717, 1.165) is 49.0 Å². The molecule has 6 nitrogen and oxygen atoms in total. The van der Waals surface area contributed by atoms with E-state index >= 15 is 0 Å². The quantitative estimate of drug-likeness (QED) is 0.627. The van der Waals surface area contributed by atoms with Gasteiger partial charge in [0.1, 0.15) is 5.03 Å². The third kappa shape index (κ3) is 3.53. The highest BCUT2D eigenvalue weighted by atomic mass is 32.2. The Kier molecular flexibility index (Phi) is 5.31. The maximum absolute atomic E-state index is 12.8. The minimum atomic E-state index is -0.328. The highest BCUT2D eigenvalue weighted by molar-refractivity contribution is 8.00. The maximum Gasteiger partial charge on any atom is 0.348 e. The number of rotatable bonds is 5. The number of para-hydroxylation sites is 1. The Bertz CT molecular complexity index is 925. The zero-order valence-electron chi connectivity index (χ0n) is 15.2. The third-order valence-electron chi connectivity index (χ3n) is 5.29. The molecule has 0 atom stereocenters. The summed E-state index contributed by atoms with van der Waals surface area (Å²) in [5, 5.41) is 9.93. The molecule has 2 aliphatic rings. The molecular formula is C20H23N3O3S. The van der Waals surface area contributed by atoms with Crippen molar-refractivity contribution in [3.05, 3.63) is 51.6 Å². The summed E-state index contributed by atoms with van der Waals surface area (Å²) in [6.45, 7) is 0.915. The third-order valence-corrected chi connectivity index (χ3v) is 6.30. The largest absolute Gasteiger partial charge is 0.395 e. The molecule has 0 spiro atoms. The summed E-state index contributed by atoms with van der Waals surface area (Å²) in [5.41, 5.74) is 3.94. The number of anilines is 1. The summed E-state index contributed by atoms with van der Waals surface area (Å²) in [6.07, 6.45) is 4.69. The summed E-state index contributed by atoms with van der Waals surface area (Å²) in [5.74, 6) is 0.327. The molecule has 27 heavy (non-hydrogen) atoms. The van der Waals surface area contributed by atoms with Crippen LogP contribution in [0.3, 0.4) is 0 Å². The molecule has 0 bridgehead atoms. The van der Waals surface area contributed by atoms with Crippen molar-refractivity contribution in [2.45, 2.75) is 43.7 Å². The molecule has 0 radical (unpaired) electrons. The highest BCUT2D eigenvalue weighted by Gasteiger charge is 2.25. The van der Waals surface area contributed by atoms with Gasteiger partial charge in [-0.1, -0.05) is 30.0 Å². The molecule has 1 amide bonds. The molecule has 4 rings (SSSR count). The topological polar surface area (TPSA) is 75.4 Å². The molecule has 1 N–H and O–H groups in total. The number of nitrogens with zero attached hydrogens (tertiary/aromatic N) is 3. The molecular weight excluding hydrogens is 362 g/mol. The average Bonchev–Trinajstić information content (AvgIpc) is 3.13. The smallest absolute Gasteiger partial charge is 0.348 e. The van der Waals surface area contributed by atoms with Crippen LogP contribution < -0.4 is 10.6 Å². The molecule has 0 saturated carbocycles. The first kappa shape index (κ1) is 18.3. The van der Waals surface area contributed by atoms with Crippen molar-refractivity contribution in [3.63, 3.8) is 0 Å². The fourth-order valence-corrected chi connectivity index (χ4v) is 4.96. The number of benzene rings is 1. The average molecular weight is 385 g/mol. The number of aromatic nitrogens is 2. The van der Waals surface area contributed by atoms with E-state index in [1.54, 1.807) is 4.57 Å². The lowest BCUT2D eigenvalue weighted by Crippen LogP contribution is -2.32. The molecule has 0 unspecified atom stereocenters. The lowest BCUT2D eigenvalue weighted by molar-refractivity contribution is -0.116. The summed E-state index contributed by atoms with van der Waals surface area (Å²) < 4.78 is 1.59. The van der Waals surface area contributed by atoms with E-state index < -0.39 is 0 Å². The minimum Gasteiger partial charge on any atom is -0.395 e. The molecule has 2 heterocycles. The zero-order valence-corrected chi connectivity index (χ0v) is 16.0. The second kappa shape index (κ2) is 7.86. The molecule has 1 aliphatic heterocycles. The lowest BCUT2D eigenvalue weighted by Gasteiger charge is -2.22. The van der Waals surface area contributed by atoms with Crippen LogP contribution in [0, 0.1) is 0 Å². The Morgan fingerprint density at radius 2 is 2.00 bits per heavy atom. The minimum absolute atomic E-state index is 0.0517. The predicted octanol–water partition coefficient (Wildman–Crippen LogP) is 1.80. The van der Waals surface area contributed by atoms with Crippen LogP contribution >= 0.6 is 11.8 Å². The normalized spacial score (nSPS) is 15.5. The van der Waals surface area contributed by atoms with Gasteiger partial charge in [-0.3, -0.25) is 9.36 Å². The SMILES string of the molecule is O=C(CSc1nc(=O)n(CCO)c2c1CCCC2)N1CCc2ccccc21. The van der Waals surface area contributed by atoms with E-state index in [0.29, 0.717) is 11.6 Å². The van der Waals surface area contributed by atoms with Crippen molar-refractivity contribution in [1.82, 2.24) is 9.55 Å². The van der Waals surface area contributed by atoms with Gasteiger partial charge in [-0.15, -0.1) is 0 Å². The van der Waals surface area contributed by atoms with Gasteiger partial charge in [0.15, 0.2) is 0 Å². The Balaban J connectivity index is 1.54. The fourth-order valence-electron chi connectivity index (χ4n) is 4.00. The van der Waals surface area contributed by atoms with Crippen molar-refractivity contribution in [2.24, 2.45) is 0 Å². The van der Waals surface area contributed by atoms with Gasteiger partial charge in [0.05, 0.1) is 18.9 Å². The molecule has 1 aromatic heterocycles. The first-order valence-electron chi connectivity index (χ1n) is 9.43. The van der Waals surface area contributed by atoms with Gasteiger partial charge in [-0.25, -0.2) is 4.79 Å². The number of fused-ring (bicyclic) bond motifs is 2. The number of thioether (sulfide) groups is 1. The number of carbonyl (C=O) groups excluding carboxylic acids is 1. The van der Waals surface area contributed by atoms with Crippen LogP contribution in [0.15, 0.2) is 34.1 Å². The van der Waals surface area contributed by atoms with E-state index in [2.05, 4.69) is 11.1 Å². The first-order valence-corrected chi connectivity index (χ1v) is 10.4. The summed E-state index contributed by atoms with van der Waals surface area (Å²) in [6, 6.07) is 8.01. The standard InChI is InChI=1S/C20H23N3O3S/c24-12-11-23-17-8-4-2-6-15(17)19(21-20(23)26)27-13-18(25)22-10-9-14-5-1-3-7-16(14)22/h1,3,5,7,24H,2,4,6,8-13H2. The second-order valence-electron chi connectivity index (χ2n) is 6.92. The van der Waals surface area contributed by atoms with Crippen molar-refractivity contribution in [2.75, 3.05) is 23.8 Å². The summed E-state index contributed by atoms with van der Waals surface area (Å²) in [4.78, 5) is 31.2. The Hall–Kier alpha value is -2.12. The number of hydrogen-bond acceptors (Lipinski definition) is 5. The first-order chi connectivity index (χ1) is 13.2. The van der Waals surface area contributed by atoms with Crippen molar-refractivity contribution >= 4 is 23.4 Å². The highest BCUT2D eigenvalue weighted by Crippen LogP contribution is 2.31. The number of amides is 1. The van der Waals surface area contributed by atoms with Crippen LogP contribution in [-0.2, 0) is 30.6 Å². The fraction of sp³-hybridized carbons (Fsp3) is 0.450. The zero-order chi connectivity index (χ0) is 18.8. The van der Waals surface area contributed by atoms with Gasteiger partial charge in [0.25, 0.3) is 0 Å². The summed E-state index contributed by atoms with van der Waals surface area (Å²) >= 11 is 1.37. The number of carbonyl (C=O) groups is 1. The Morgan fingerprint density at radius 3 is 2.85 bits per heavy atom. The van der Waals surface area contributed by atoms with E-state index in [1.807, 2.05) is 23.1 Å². The molecule has 1 aliphatic carbocycles. The molecule has 2 aromatic rings. The van der Waals surface area contributed by atoms with Gasteiger partial charge in [0.2, 0.25) is 5.91 Å². The molecule has 7 heteroatoms. The van der Waals surface area contributed by atoms with E-state index in [4.69, 9.17) is 0 Å². The number of aliphatic hydroxyl groups excluding tert-OH is 1. The van der Waals surface area contributed by atoms with Gasteiger partial charge in [-0.05, 0) is 43.7 Å². The van der Waals surface area contributed by atoms with E-state index in [1.165, 1.54) is 17.3 Å². The second-order valence-corrected chi connectivity index (χ2v) is 7.88. The molecule has 0 saturated heterocycles. The Labute approximate surface area is 162 Å². The van der Waals surface area contributed by atoms with Gasteiger partial charge < -0.3 is 10.0 Å². The van der Waals surface area contributed by atoms with Crippen LogP contribution in [0.25, 0.3) is 0 Å². The van der Waals surface area contributed by atoms with Crippen molar-refractivity contribution < 1.29 is 9.90 Å². The summed E-state index contributed by atoms with van der Waals surface area (Å²) in [7, 11) is 0. The van der Waals surface area contributed by atoms with Crippen LogP contribution in [0.2, 0.25) is 0 Å². The van der Waals surface area contributed by atoms with Crippen LogP contribution in [0.5, 0.6) is 0 Å². The van der Waals surface area contributed by atoms with Crippen molar-refractivity contribution in [3.8, 4) is 0 Å².